The van der Waals surface area contributed by atoms with Gasteiger partial charge in [-0.2, -0.15) is 5.01 Å². The van der Waals surface area contributed by atoms with E-state index in [2.05, 4.69) is 23.6 Å². The van der Waals surface area contributed by atoms with Crippen LogP contribution in [0.5, 0.6) is 5.75 Å². The normalized spacial score (nSPS) is 30.4. The lowest BCUT2D eigenvalue weighted by Crippen LogP contribution is -2.48. The zero-order chi connectivity index (χ0) is 24.2. The Balaban J connectivity index is 1.30. The molecule has 2 aromatic rings. The summed E-state index contributed by atoms with van der Waals surface area (Å²) in [6, 6.07) is 10.1. The van der Waals surface area contributed by atoms with Crippen molar-refractivity contribution in [1.29, 1.82) is 0 Å². The van der Waals surface area contributed by atoms with Crippen LogP contribution in [0, 0.1) is 17.8 Å². The van der Waals surface area contributed by atoms with Gasteiger partial charge in [-0.1, -0.05) is 23.9 Å². The predicted molar refractivity (Wildman–Crippen MR) is 144 cm³/mol. The van der Waals surface area contributed by atoms with Gasteiger partial charge in [0.15, 0.2) is 4.32 Å². The van der Waals surface area contributed by atoms with Gasteiger partial charge in [0, 0.05) is 5.56 Å². The van der Waals surface area contributed by atoms with Crippen LogP contribution in [0.25, 0.3) is 6.08 Å². The second-order valence-corrected chi connectivity index (χ2v) is 12.9. The van der Waals surface area contributed by atoms with Crippen molar-refractivity contribution >= 4 is 57.5 Å². The number of benzene rings is 1. The van der Waals surface area contributed by atoms with Crippen LogP contribution in [-0.2, 0) is 10.2 Å². The molecule has 1 N–H and O–H groups in total. The molecule has 5 fully saturated rings. The van der Waals surface area contributed by atoms with E-state index in [1.54, 1.807) is 12.1 Å². The zero-order valence-corrected chi connectivity index (χ0v) is 22.1. The molecule has 4 saturated carbocycles. The van der Waals surface area contributed by atoms with Crippen LogP contribution >= 0.6 is 35.3 Å². The first-order valence-electron chi connectivity index (χ1n) is 12.3. The van der Waals surface area contributed by atoms with E-state index in [-0.39, 0.29) is 17.2 Å². The molecule has 1 aromatic heterocycles. The van der Waals surface area contributed by atoms with E-state index in [4.69, 9.17) is 17.0 Å². The SMILES string of the molecule is CCOc1ccc(C23CC4CC(CC(C4)C2)C3)cc1/C=C1/SC(=S)N(NC(=O)c2cccs2)C1=O. The van der Waals surface area contributed by atoms with Crippen LogP contribution in [0.1, 0.15) is 66.2 Å². The summed E-state index contributed by atoms with van der Waals surface area (Å²) in [7, 11) is 0. The fourth-order valence-corrected chi connectivity index (χ4v) is 8.80. The van der Waals surface area contributed by atoms with Gasteiger partial charge < -0.3 is 4.74 Å². The van der Waals surface area contributed by atoms with Gasteiger partial charge in [0.05, 0.1) is 16.4 Å². The van der Waals surface area contributed by atoms with Crippen molar-refractivity contribution in [3.63, 3.8) is 0 Å². The summed E-state index contributed by atoms with van der Waals surface area (Å²) in [6.07, 6.45) is 9.94. The van der Waals surface area contributed by atoms with E-state index in [0.29, 0.717) is 20.7 Å². The molecular weight excluding hydrogens is 497 g/mol. The summed E-state index contributed by atoms with van der Waals surface area (Å²) >= 11 is 7.96. The molecule has 4 aliphatic carbocycles. The van der Waals surface area contributed by atoms with E-state index < -0.39 is 0 Å². The van der Waals surface area contributed by atoms with Gasteiger partial charge in [0.1, 0.15) is 5.75 Å². The number of hydrogen-bond acceptors (Lipinski definition) is 6. The lowest BCUT2D eigenvalue weighted by molar-refractivity contribution is -0.123. The first kappa shape index (κ1) is 23.3. The number of amides is 2. The average Bonchev–Trinajstić information content (AvgIpc) is 3.44. The molecule has 7 rings (SSSR count). The largest absolute Gasteiger partial charge is 0.493 e. The van der Waals surface area contributed by atoms with Crippen molar-refractivity contribution in [3.05, 3.63) is 56.6 Å². The number of hydrogen-bond donors (Lipinski definition) is 1. The Bertz CT molecular complexity index is 1180. The Kier molecular flexibility index (Phi) is 6.01. The maximum absolute atomic E-state index is 13.2. The first-order chi connectivity index (χ1) is 16.9. The minimum absolute atomic E-state index is 0.260. The molecule has 2 heterocycles. The van der Waals surface area contributed by atoms with Gasteiger partial charge in [0.25, 0.3) is 11.8 Å². The van der Waals surface area contributed by atoms with Crippen LogP contribution < -0.4 is 10.2 Å². The van der Waals surface area contributed by atoms with Gasteiger partial charge in [0.2, 0.25) is 0 Å². The number of ether oxygens (including phenoxy) is 1. The van der Waals surface area contributed by atoms with Crippen molar-refractivity contribution in [2.24, 2.45) is 17.8 Å². The van der Waals surface area contributed by atoms with Gasteiger partial charge >= 0.3 is 0 Å². The number of thioether (sulfide) groups is 1. The molecule has 4 bridgehead atoms. The van der Waals surface area contributed by atoms with Crippen LogP contribution in [0.15, 0.2) is 40.6 Å². The van der Waals surface area contributed by atoms with E-state index >= 15 is 0 Å². The minimum Gasteiger partial charge on any atom is -0.493 e. The van der Waals surface area contributed by atoms with Crippen molar-refractivity contribution < 1.29 is 14.3 Å². The Labute approximate surface area is 219 Å². The molecule has 8 heteroatoms. The fourth-order valence-electron chi connectivity index (χ4n) is 7.01. The number of thiophene rings is 1. The van der Waals surface area contributed by atoms with Gasteiger partial charge in [-0.05, 0) is 116 Å². The number of carbonyl (C=O) groups is 2. The standard InChI is InChI=1S/C27H28N2O3S3/c1-2-32-21-6-5-20(27-13-16-8-17(14-27)10-18(9-16)15-27)11-19(21)12-23-25(31)29(26(33)35-23)28-24(30)22-4-3-7-34-22/h3-7,11-12,16-18H,2,8-10,13-15H2,1H3,(H,28,30)/b23-12+. The quantitative estimate of drug-likeness (QED) is 0.362. The second-order valence-electron chi connectivity index (χ2n) is 10.3. The van der Waals surface area contributed by atoms with Crippen LogP contribution in [0.3, 0.4) is 0 Å². The molecule has 0 atom stereocenters. The number of hydrazine groups is 1. The van der Waals surface area contributed by atoms with Gasteiger partial charge in [-0.3, -0.25) is 15.0 Å². The summed E-state index contributed by atoms with van der Waals surface area (Å²) in [5, 5.41) is 3.00. The predicted octanol–water partition coefficient (Wildman–Crippen LogP) is 6.16. The molecule has 2 amide bonds. The van der Waals surface area contributed by atoms with Crippen molar-refractivity contribution in [1.82, 2.24) is 10.4 Å². The average molecular weight is 525 g/mol. The van der Waals surface area contributed by atoms with Crippen LogP contribution in [-0.4, -0.2) is 27.8 Å². The molecule has 5 aliphatic rings. The van der Waals surface area contributed by atoms with E-state index in [1.807, 2.05) is 18.4 Å². The third kappa shape index (κ3) is 4.23. The fraction of sp³-hybridized carbons (Fsp3) is 0.444. The smallest absolute Gasteiger partial charge is 0.285 e. The minimum atomic E-state index is -0.337. The van der Waals surface area contributed by atoms with E-state index in [1.165, 1.54) is 72.2 Å². The Hall–Kier alpha value is -2.16. The highest BCUT2D eigenvalue weighted by Gasteiger charge is 2.51. The first-order valence-corrected chi connectivity index (χ1v) is 14.4. The number of thiocarbonyl (C=S) groups is 1. The highest BCUT2D eigenvalue weighted by molar-refractivity contribution is 8.26. The van der Waals surface area contributed by atoms with E-state index in [9.17, 15) is 9.59 Å². The topological polar surface area (TPSA) is 58.6 Å². The zero-order valence-electron chi connectivity index (χ0n) is 19.6. The lowest BCUT2D eigenvalue weighted by atomic mass is 9.48. The molecule has 35 heavy (non-hydrogen) atoms. The number of nitrogens with one attached hydrogen (secondary N) is 1. The van der Waals surface area contributed by atoms with Gasteiger partial charge in [-0.15, -0.1) is 11.3 Å². The molecule has 0 radical (unpaired) electrons. The molecule has 1 aromatic carbocycles. The Morgan fingerprint density at radius 1 is 1.20 bits per heavy atom. The van der Waals surface area contributed by atoms with Gasteiger partial charge in [-0.25, -0.2) is 0 Å². The summed E-state index contributed by atoms with van der Waals surface area (Å²) in [4.78, 5) is 26.7. The molecule has 1 saturated heterocycles. The molecule has 0 spiro atoms. The third-order valence-electron chi connectivity index (χ3n) is 8.00. The van der Waals surface area contributed by atoms with Crippen molar-refractivity contribution in [3.8, 4) is 5.75 Å². The number of carbonyl (C=O) groups excluding carboxylic acids is 2. The summed E-state index contributed by atoms with van der Waals surface area (Å²) in [5.41, 5.74) is 5.21. The molecule has 1 aliphatic heterocycles. The molecule has 0 unspecified atom stereocenters. The summed E-state index contributed by atoms with van der Waals surface area (Å²) in [6.45, 7) is 2.52. The molecule has 5 nitrogen and oxygen atoms in total. The Morgan fingerprint density at radius 3 is 2.54 bits per heavy atom. The molecular formula is C27H28N2O3S3. The Morgan fingerprint density at radius 2 is 1.91 bits per heavy atom. The van der Waals surface area contributed by atoms with E-state index in [0.717, 1.165) is 29.1 Å². The second kappa shape index (κ2) is 9.05. The van der Waals surface area contributed by atoms with Crippen LogP contribution in [0.2, 0.25) is 0 Å². The lowest BCUT2D eigenvalue weighted by Gasteiger charge is -2.57. The molecule has 182 valence electrons. The number of rotatable bonds is 6. The van der Waals surface area contributed by atoms with Crippen molar-refractivity contribution in [2.45, 2.75) is 50.9 Å². The van der Waals surface area contributed by atoms with Crippen LogP contribution in [0.4, 0.5) is 0 Å². The highest BCUT2D eigenvalue weighted by atomic mass is 32.2. The third-order valence-corrected chi connectivity index (χ3v) is 10.2. The maximum Gasteiger partial charge on any atom is 0.285 e. The monoisotopic (exact) mass is 524 g/mol. The number of nitrogens with zero attached hydrogens (tertiary/aromatic N) is 1. The summed E-state index contributed by atoms with van der Waals surface area (Å²) in [5.74, 6) is 2.70. The summed E-state index contributed by atoms with van der Waals surface area (Å²) < 4.78 is 6.26. The highest BCUT2D eigenvalue weighted by Crippen LogP contribution is 2.61. The van der Waals surface area contributed by atoms with Crippen molar-refractivity contribution in [2.75, 3.05) is 6.61 Å². The maximum atomic E-state index is 13.2.